The molecule has 0 spiro atoms. The number of carbonyl (C=O) groups excluding carboxylic acids is 1. The maximum absolute atomic E-state index is 13.0. The van der Waals surface area contributed by atoms with Crippen LogP contribution in [0, 0.1) is 10.8 Å². The highest BCUT2D eigenvalue weighted by Gasteiger charge is 2.60. The van der Waals surface area contributed by atoms with Crippen molar-refractivity contribution in [3.05, 3.63) is 11.9 Å². The lowest BCUT2D eigenvalue weighted by molar-refractivity contribution is -0.151. The standard InChI is InChI=1S/C9H11F3O/c1-8(2)5(13)4-9(8,3)6(10)7(11)12/h4H2,1-3H3. The largest absolute Gasteiger partial charge is 0.302 e. The molecular formula is C9H11F3O. The molecule has 0 saturated heterocycles. The van der Waals surface area contributed by atoms with E-state index in [-0.39, 0.29) is 12.2 Å². The van der Waals surface area contributed by atoms with E-state index in [1.807, 2.05) is 0 Å². The first-order valence-electron chi connectivity index (χ1n) is 3.98. The van der Waals surface area contributed by atoms with Gasteiger partial charge in [0.25, 0.3) is 0 Å². The van der Waals surface area contributed by atoms with E-state index in [4.69, 9.17) is 0 Å². The number of rotatable bonds is 1. The molecular weight excluding hydrogens is 181 g/mol. The highest BCUT2D eigenvalue weighted by molar-refractivity contribution is 5.93. The van der Waals surface area contributed by atoms with E-state index >= 15 is 0 Å². The zero-order chi connectivity index (χ0) is 10.4. The molecule has 1 aliphatic carbocycles. The molecule has 0 aromatic heterocycles. The second-order valence-corrected chi connectivity index (χ2v) is 4.13. The maximum Gasteiger partial charge on any atom is 0.302 e. The summed E-state index contributed by atoms with van der Waals surface area (Å²) in [5.74, 6) is -1.62. The van der Waals surface area contributed by atoms with E-state index in [9.17, 15) is 18.0 Å². The Balaban J connectivity index is 3.08. The Labute approximate surface area is 74.6 Å². The van der Waals surface area contributed by atoms with Gasteiger partial charge in [0.05, 0.1) is 0 Å². The average Bonchev–Trinajstić information content (AvgIpc) is 2.02. The summed E-state index contributed by atoms with van der Waals surface area (Å²) in [6.07, 6.45) is -2.45. The van der Waals surface area contributed by atoms with Gasteiger partial charge in [-0.05, 0) is 0 Å². The molecule has 0 radical (unpaired) electrons. The van der Waals surface area contributed by atoms with Crippen LogP contribution in [0.4, 0.5) is 13.2 Å². The highest BCUT2D eigenvalue weighted by atomic mass is 19.3. The minimum absolute atomic E-state index is 0.136. The number of hydrogen-bond acceptors (Lipinski definition) is 1. The Morgan fingerprint density at radius 2 is 1.69 bits per heavy atom. The van der Waals surface area contributed by atoms with Gasteiger partial charge in [-0.3, -0.25) is 4.79 Å². The molecule has 1 nitrogen and oxygen atoms in total. The molecule has 1 rings (SSSR count). The minimum Gasteiger partial charge on any atom is -0.299 e. The second kappa shape index (κ2) is 2.59. The molecule has 0 aromatic rings. The summed E-state index contributed by atoms with van der Waals surface area (Å²) in [4.78, 5) is 11.1. The molecule has 1 aliphatic rings. The number of hydrogen-bond donors (Lipinski definition) is 0. The van der Waals surface area contributed by atoms with Crippen LogP contribution in [0.5, 0.6) is 0 Å². The lowest BCUT2D eigenvalue weighted by Crippen LogP contribution is -2.54. The van der Waals surface area contributed by atoms with Crippen LogP contribution in [0.1, 0.15) is 27.2 Å². The normalized spacial score (nSPS) is 31.1. The molecule has 1 saturated carbocycles. The van der Waals surface area contributed by atoms with E-state index in [0.717, 1.165) is 0 Å². The first-order valence-corrected chi connectivity index (χ1v) is 3.98. The Morgan fingerprint density at radius 3 is 1.92 bits per heavy atom. The maximum atomic E-state index is 13.0. The van der Waals surface area contributed by atoms with Gasteiger partial charge >= 0.3 is 6.08 Å². The molecule has 0 heterocycles. The second-order valence-electron chi connectivity index (χ2n) is 4.13. The highest BCUT2D eigenvalue weighted by Crippen LogP contribution is 2.58. The van der Waals surface area contributed by atoms with E-state index in [2.05, 4.69) is 0 Å². The molecule has 74 valence electrons. The van der Waals surface area contributed by atoms with Crippen molar-refractivity contribution in [2.45, 2.75) is 27.2 Å². The van der Waals surface area contributed by atoms with Crippen LogP contribution < -0.4 is 0 Å². The molecule has 1 atom stereocenters. The smallest absolute Gasteiger partial charge is 0.299 e. The molecule has 1 fully saturated rings. The summed E-state index contributed by atoms with van der Waals surface area (Å²) in [5.41, 5.74) is -2.33. The summed E-state index contributed by atoms with van der Waals surface area (Å²) in [5, 5.41) is 0. The van der Waals surface area contributed by atoms with Crippen LogP contribution in [-0.4, -0.2) is 5.78 Å². The van der Waals surface area contributed by atoms with Crippen LogP contribution in [0.3, 0.4) is 0 Å². The van der Waals surface area contributed by atoms with Gasteiger partial charge < -0.3 is 0 Å². The van der Waals surface area contributed by atoms with Gasteiger partial charge in [0, 0.05) is 17.3 Å². The van der Waals surface area contributed by atoms with Crippen molar-refractivity contribution >= 4 is 5.78 Å². The zero-order valence-corrected chi connectivity index (χ0v) is 7.75. The monoisotopic (exact) mass is 192 g/mol. The van der Waals surface area contributed by atoms with E-state index in [0.29, 0.717) is 0 Å². The lowest BCUT2D eigenvalue weighted by atomic mass is 9.50. The summed E-state index contributed by atoms with van der Waals surface area (Å²) in [6.45, 7) is 4.32. The molecule has 13 heavy (non-hydrogen) atoms. The molecule has 0 aliphatic heterocycles. The molecule has 0 aromatic carbocycles. The van der Waals surface area contributed by atoms with Crippen LogP contribution >= 0.6 is 0 Å². The topological polar surface area (TPSA) is 17.1 Å². The number of carbonyl (C=O) groups is 1. The van der Waals surface area contributed by atoms with E-state index in [1.165, 1.54) is 20.8 Å². The SMILES string of the molecule is CC1(C)C(=O)CC1(C)C(F)=C(F)F. The third kappa shape index (κ3) is 1.11. The first-order chi connectivity index (χ1) is 5.73. The summed E-state index contributed by atoms with van der Waals surface area (Å²) < 4.78 is 37.0. The molecule has 0 N–H and O–H groups in total. The fourth-order valence-electron chi connectivity index (χ4n) is 1.52. The van der Waals surface area contributed by atoms with Crippen LogP contribution in [0.2, 0.25) is 0 Å². The van der Waals surface area contributed by atoms with Crippen LogP contribution in [0.25, 0.3) is 0 Å². The predicted molar refractivity (Wildman–Crippen MR) is 41.9 cm³/mol. The van der Waals surface area contributed by atoms with Crippen molar-refractivity contribution < 1.29 is 18.0 Å². The van der Waals surface area contributed by atoms with Gasteiger partial charge in [-0.25, -0.2) is 4.39 Å². The molecule has 0 amide bonds. The van der Waals surface area contributed by atoms with Crippen molar-refractivity contribution in [1.29, 1.82) is 0 Å². The predicted octanol–water partition coefficient (Wildman–Crippen LogP) is 3.07. The van der Waals surface area contributed by atoms with Crippen molar-refractivity contribution in [3.8, 4) is 0 Å². The van der Waals surface area contributed by atoms with E-state index < -0.39 is 22.7 Å². The van der Waals surface area contributed by atoms with Gasteiger partial charge in [-0.15, -0.1) is 0 Å². The number of allylic oxidation sites excluding steroid dienone is 1. The van der Waals surface area contributed by atoms with Gasteiger partial charge in [0.15, 0.2) is 5.83 Å². The summed E-state index contributed by atoms with van der Waals surface area (Å²) in [6, 6.07) is 0. The fourth-order valence-corrected chi connectivity index (χ4v) is 1.52. The third-order valence-electron chi connectivity index (χ3n) is 3.24. The molecule has 0 bridgehead atoms. The van der Waals surface area contributed by atoms with Gasteiger partial charge in [0.2, 0.25) is 0 Å². The fraction of sp³-hybridized carbons (Fsp3) is 0.667. The summed E-state index contributed by atoms with van der Waals surface area (Å²) >= 11 is 0. The molecule has 1 unspecified atom stereocenters. The van der Waals surface area contributed by atoms with Crippen molar-refractivity contribution in [2.75, 3.05) is 0 Å². The Kier molecular flexibility index (Phi) is 2.05. The molecule has 4 heteroatoms. The summed E-state index contributed by atoms with van der Waals surface area (Å²) in [7, 11) is 0. The van der Waals surface area contributed by atoms with Crippen LogP contribution in [-0.2, 0) is 4.79 Å². The van der Waals surface area contributed by atoms with Gasteiger partial charge in [-0.2, -0.15) is 8.78 Å². The van der Waals surface area contributed by atoms with Gasteiger partial charge in [0.1, 0.15) is 5.78 Å². The van der Waals surface area contributed by atoms with Crippen LogP contribution in [0.15, 0.2) is 11.9 Å². The number of Topliss-reactive ketones (excluding diaryl/α,β-unsaturated/α-hetero) is 1. The number of halogens is 3. The van der Waals surface area contributed by atoms with Crippen molar-refractivity contribution in [2.24, 2.45) is 10.8 Å². The zero-order valence-electron chi connectivity index (χ0n) is 7.75. The minimum atomic E-state index is -2.32. The Hall–Kier alpha value is -0.800. The number of ketones is 1. The first kappa shape index (κ1) is 10.3. The Bertz CT molecular complexity index is 289. The van der Waals surface area contributed by atoms with Crippen molar-refractivity contribution in [1.82, 2.24) is 0 Å². The van der Waals surface area contributed by atoms with Crippen molar-refractivity contribution in [3.63, 3.8) is 0 Å². The lowest BCUT2D eigenvalue weighted by Gasteiger charge is -2.50. The van der Waals surface area contributed by atoms with Gasteiger partial charge in [-0.1, -0.05) is 20.8 Å². The Morgan fingerprint density at radius 1 is 1.23 bits per heavy atom. The average molecular weight is 192 g/mol. The third-order valence-corrected chi connectivity index (χ3v) is 3.24. The van der Waals surface area contributed by atoms with E-state index in [1.54, 1.807) is 0 Å². The quantitative estimate of drug-likeness (QED) is 0.624.